The maximum Gasteiger partial charge on any atom is 0.259 e. The van der Waals surface area contributed by atoms with Crippen LogP contribution in [0.25, 0.3) is 10.9 Å². The molecule has 3 aromatic rings. The highest BCUT2D eigenvalue weighted by atomic mass is 16.2. The van der Waals surface area contributed by atoms with Gasteiger partial charge in [-0.05, 0) is 30.5 Å². The van der Waals surface area contributed by atoms with Crippen LogP contribution in [-0.2, 0) is 13.0 Å². The van der Waals surface area contributed by atoms with Gasteiger partial charge in [-0.15, -0.1) is 0 Å². The van der Waals surface area contributed by atoms with Crippen LogP contribution < -0.4 is 5.43 Å². The molecule has 3 heterocycles. The number of nitrogens with zero attached hydrogens (tertiary/aromatic N) is 3. The average Bonchev–Trinajstić information content (AvgIpc) is 3.07. The van der Waals surface area contributed by atoms with Crippen molar-refractivity contribution in [3.8, 4) is 0 Å². The number of benzene rings is 2. The molecule has 0 aliphatic carbocycles. The van der Waals surface area contributed by atoms with E-state index in [2.05, 4.69) is 46.7 Å². The summed E-state index contributed by atoms with van der Waals surface area (Å²) in [5.41, 5.74) is 3.64. The van der Waals surface area contributed by atoms with Gasteiger partial charge >= 0.3 is 0 Å². The van der Waals surface area contributed by atoms with Crippen molar-refractivity contribution in [1.82, 2.24) is 14.4 Å². The molecule has 1 saturated heterocycles. The van der Waals surface area contributed by atoms with Gasteiger partial charge in [-0.25, -0.2) is 0 Å². The Kier molecular flexibility index (Phi) is 4.47. The average molecular weight is 387 g/mol. The molecule has 1 aromatic heterocycles. The van der Waals surface area contributed by atoms with Crippen LogP contribution in [0.2, 0.25) is 0 Å². The normalized spacial score (nSPS) is 19.1. The lowest BCUT2D eigenvalue weighted by Gasteiger charge is -2.34. The van der Waals surface area contributed by atoms with E-state index in [-0.39, 0.29) is 17.4 Å². The van der Waals surface area contributed by atoms with E-state index >= 15 is 0 Å². The lowest BCUT2D eigenvalue weighted by molar-refractivity contribution is 0.0626. The largest absolute Gasteiger partial charge is 0.343 e. The minimum atomic E-state index is -0.135. The number of carbonyl (C=O) groups excluding carboxylic acids is 1. The van der Waals surface area contributed by atoms with Gasteiger partial charge in [0, 0.05) is 50.3 Å². The molecule has 0 bridgehead atoms. The minimum Gasteiger partial charge on any atom is -0.343 e. The third kappa shape index (κ3) is 3.15. The molecule has 1 amide bonds. The lowest BCUT2D eigenvalue weighted by Crippen LogP contribution is -2.49. The number of hydrogen-bond acceptors (Lipinski definition) is 3. The van der Waals surface area contributed by atoms with Crippen molar-refractivity contribution in [2.45, 2.75) is 25.9 Å². The first kappa shape index (κ1) is 18.1. The van der Waals surface area contributed by atoms with Crippen LogP contribution in [0.5, 0.6) is 0 Å². The predicted octanol–water partition coefficient (Wildman–Crippen LogP) is 3.08. The molecular weight excluding hydrogens is 362 g/mol. The zero-order chi connectivity index (χ0) is 20.0. The number of piperazine rings is 1. The third-order valence-electron chi connectivity index (χ3n) is 6.26. The summed E-state index contributed by atoms with van der Waals surface area (Å²) in [7, 11) is 0. The van der Waals surface area contributed by atoms with Gasteiger partial charge in [0.2, 0.25) is 5.43 Å². The minimum absolute atomic E-state index is 0.135. The topological polar surface area (TPSA) is 45.6 Å². The molecule has 2 aliphatic rings. The van der Waals surface area contributed by atoms with Crippen LogP contribution in [0.3, 0.4) is 0 Å². The smallest absolute Gasteiger partial charge is 0.259 e. The molecular formula is C24H25N3O2. The first-order valence-corrected chi connectivity index (χ1v) is 10.3. The van der Waals surface area contributed by atoms with E-state index in [0.29, 0.717) is 24.0 Å². The zero-order valence-corrected chi connectivity index (χ0v) is 16.7. The van der Waals surface area contributed by atoms with Crippen LogP contribution in [-0.4, -0.2) is 46.5 Å². The fourth-order valence-electron chi connectivity index (χ4n) is 4.69. The first-order valence-electron chi connectivity index (χ1n) is 10.3. The van der Waals surface area contributed by atoms with E-state index in [1.807, 2.05) is 23.1 Å². The molecule has 2 aliphatic heterocycles. The molecule has 5 nitrogen and oxygen atoms in total. The molecule has 0 radical (unpaired) electrons. The molecule has 0 N–H and O–H groups in total. The molecule has 0 unspecified atom stereocenters. The van der Waals surface area contributed by atoms with E-state index in [1.54, 1.807) is 6.20 Å². The van der Waals surface area contributed by atoms with Gasteiger partial charge < -0.3 is 9.47 Å². The van der Waals surface area contributed by atoms with Gasteiger partial charge in [-0.3, -0.25) is 14.5 Å². The number of rotatable bonds is 3. The summed E-state index contributed by atoms with van der Waals surface area (Å²) >= 11 is 0. The number of aromatic nitrogens is 1. The summed E-state index contributed by atoms with van der Waals surface area (Å²) < 4.78 is 2.12. The van der Waals surface area contributed by atoms with Crippen molar-refractivity contribution in [2.75, 3.05) is 26.2 Å². The Balaban J connectivity index is 1.37. The number of hydrogen-bond donors (Lipinski definition) is 0. The fourth-order valence-corrected chi connectivity index (χ4v) is 4.69. The standard InChI is InChI=1S/C24H25N3O2/c1-17-14-19-8-5-9-20-22(19)27(17)16-21(23(20)28)24(29)26-12-10-25(11-13-26)15-18-6-3-2-4-7-18/h2-9,16-17H,10-15H2,1H3/t17-/m1/s1. The molecule has 148 valence electrons. The Morgan fingerprint density at radius 3 is 2.52 bits per heavy atom. The number of amides is 1. The number of pyridine rings is 1. The van der Waals surface area contributed by atoms with Crippen LogP contribution in [0.1, 0.15) is 34.5 Å². The van der Waals surface area contributed by atoms with E-state index < -0.39 is 0 Å². The van der Waals surface area contributed by atoms with Gasteiger partial charge in [0.05, 0.1) is 5.52 Å². The van der Waals surface area contributed by atoms with Gasteiger partial charge in [-0.1, -0.05) is 42.5 Å². The summed E-state index contributed by atoms with van der Waals surface area (Å²) in [4.78, 5) is 30.5. The predicted molar refractivity (Wildman–Crippen MR) is 114 cm³/mol. The summed E-state index contributed by atoms with van der Waals surface area (Å²) in [5, 5.41) is 0.667. The maximum absolute atomic E-state index is 13.2. The molecule has 1 fully saturated rings. The SMILES string of the molecule is C[C@@H]1Cc2cccc3c(=O)c(C(=O)N4CCN(Cc5ccccc5)CC4)cn1c23. The van der Waals surface area contributed by atoms with Crippen LogP contribution in [0, 0.1) is 0 Å². The Morgan fingerprint density at radius 2 is 1.76 bits per heavy atom. The van der Waals surface area contributed by atoms with Gasteiger partial charge in [-0.2, -0.15) is 0 Å². The Bertz CT molecular complexity index is 1130. The van der Waals surface area contributed by atoms with Gasteiger partial charge in [0.1, 0.15) is 5.56 Å². The highest BCUT2D eigenvalue weighted by Crippen LogP contribution is 2.31. The number of para-hydroxylation sites is 1. The van der Waals surface area contributed by atoms with Crippen LogP contribution in [0.15, 0.2) is 59.5 Å². The van der Waals surface area contributed by atoms with Crippen molar-refractivity contribution >= 4 is 16.8 Å². The molecule has 29 heavy (non-hydrogen) atoms. The van der Waals surface area contributed by atoms with Crippen molar-refractivity contribution in [3.05, 3.63) is 81.6 Å². The van der Waals surface area contributed by atoms with Crippen LogP contribution in [0.4, 0.5) is 0 Å². The molecule has 0 spiro atoms. The lowest BCUT2D eigenvalue weighted by atomic mass is 10.1. The second-order valence-electron chi connectivity index (χ2n) is 8.20. The molecule has 1 atom stereocenters. The van der Waals surface area contributed by atoms with Crippen LogP contribution >= 0.6 is 0 Å². The number of carbonyl (C=O) groups is 1. The maximum atomic E-state index is 13.2. The molecule has 5 rings (SSSR count). The third-order valence-corrected chi connectivity index (χ3v) is 6.26. The van der Waals surface area contributed by atoms with Crippen molar-refractivity contribution in [1.29, 1.82) is 0 Å². The quantitative estimate of drug-likeness (QED) is 0.694. The van der Waals surface area contributed by atoms with E-state index in [4.69, 9.17) is 0 Å². The summed E-state index contributed by atoms with van der Waals surface area (Å²) in [6, 6.07) is 16.5. The highest BCUT2D eigenvalue weighted by Gasteiger charge is 2.28. The van der Waals surface area contributed by atoms with E-state index in [1.165, 1.54) is 11.1 Å². The monoisotopic (exact) mass is 387 g/mol. The van der Waals surface area contributed by atoms with E-state index in [9.17, 15) is 9.59 Å². The Hall–Kier alpha value is -2.92. The van der Waals surface area contributed by atoms with Crippen molar-refractivity contribution < 1.29 is 4.79 Å². The molecule has 5 heteroatoms. The Morgan fingerprint density at radius 1 is 1.00 bits per heavy atom. The fraction of sp³-hybridized carbons (Fsp3) is 0.333. The molecule has 0 saturated carbocycles. The summed E-state index contributed by atoms with van der Waals surface area (Å²) in [6.45, 7) is 5.98. The van der Waals surface area contributed by atoms with Gasteiger partial charge in [0.15, 0.2) is 0 Å². The molecule has 2 aromatic carbocycles. The van der Waals surface area contributed by atoms with E-state index in [0.717, 1.165) is 31.6 Å². The highest BCUT2D eigenvalue weighted by molar-refractivity contribution is 5.98. The second-order valence-corrected chi connectivity index (χ2v) is 8.20. The zero-order valence-electron chi connectivity index (χ0n) is 16.7. The van der Waals surface area contributed by atoms with Crippen molar-refractivity contribution in [3.63, 3.8) is 0 Å². The van der Waals surface area contributed by atoms with Gasteiger partial charge in [0.25, 0.3) is 5.91 Å². The Labute approximate surface area is 170 Å². The first-order chi connectivity index (χ1) is 14.1. The summed E-state index contributed by atoms with van der Waals surface area (Å²) in [5.74, 6) is -0.135. The van der Waals surface area contributed by atoms with Crippen molar-refractivity contribution in [2.24, 2.45) is 0 Å². The second kappa shape index (κ2) is 7.16. The summed E-state index contributed by atoms with van der Waals surface area (Å²) in [6.07, 6.45) is 2.71.